The molecule has 7 nitrogen and oxygen atoms in total. The first kappa shape index (κ1) is 21.0. The van der Waals surface area contributed by atoms with Crippen LogP contribution in [0.3, 0.4) is 0 Å². The number of hydrogen-bond donors (Lipinski definition) is 1. The standard InChI is InChI=1S/C18H31N3O4S/c1-14(2)16(21-10-8-20(3)9-11-21)13-19-26(22,23)15-6-7-17(24-4)18(12-15)25-5/h6-7,12,14,16,19H,8-11,13H2,1-5H3. The third-order valence-corrected chi connectivity index (χ3v) is 6.35. The highest BCUT2D eigenvalue weighted by Gasteiger charge is 2.27. The molecule has 0 amide bonds. The van der Waals surface area contributed by atoms with Gasteiger partial charge in [-0.05, 0) is 25.1 Å². The number of benzene rings is 1. The molecule has 148 valence electrons. The maximum absolute atomic E-state index is 12.7. The molecule has 1 saturated heterocycles. The fourth-order valence-electron chi connectivity index (χ4n) is 3.20. The largest absolute Gasteiger partial charge is 0.493 e. The van der Waals surface area contributed by atoms with E-state index in [1.54, 1.807) is 6.07 Å². The van der Waals surface area contributed by atoms with Crippen molar-refractivity contribution in [2.45, 2.75) is 24.8 Å². The highest BCUT2D eigenvalue weighted by atomic mass is 32.2. The van der Waals surface area contributed by atoms with Gasteiger partial charge in [-0.15, -0.1) is 0 Å². The number of likely N-dealkylation sites (N-methyl/N-ethyl adjacent to an activating group) is 1. The average molecular weight is 386 g/mol. The van der Waals surface area contributed by atoms with Gasteiger partial charge in [-0.3, -0.25) is 4.90 Å². The zero-order valence-electron chi connectivity index (χ0n) is 16.4. The summed E-state index contributed by atoms with van der Waals surface area (Å²) in [5, 5.41) is 0. The molecule has 1 aromatic carbocycles. The van der Waals surface area contributed by atoms with Gasteiger partial charge in [0.15, 0.2) is 11.5 Å². The highest BCUT2D eigenvalue weighted by molar-refractivity contribution is 7.89. The summed E-state index contributed by atoms with van der Waals surface area (Å²) in [6.45, 7) is 8.58. The molecule has 1 aromatic rings. The summed E-state index contributed by atoms with van der Waals surface area (Å²) in [4.78, 5) is 4.85. The van der Waals surface area contributed by atoms with E-state index in [4.69, 9.17) is 9.47 Å². The molecule has 0 radical (unpaired) electrons. The zero-order chi connectivity index (χ0) is 19.3. The normalized spacial score (nSPS) is 18.1. The van der Waals surface area contributed by atoms with Gasteiger partial charge in [0.2, 0.25) is 10.0 Å². The fourth-order valence-corrected chi connectivity index (χ4v) is 4.27. The lowest BCUT2D eigenvalue weighted by molar-refractivity contribution is 0.0905. The van der Waals surface area contributed by atoms with Crippen LogP contribution < -0.4 is 14.2 Å². The predicted octanol–water partition coefficient (Wildman–Crippen LogP) is 1.25. The van der Waals surface area contributed by atoms with Crippen molar-refractivity contribution in [2.75, 3.05) is 54.0 Å². The second-order valence-electron chi connectivity index (χ2n) is 7.02. The summed E-state index contributed by atoms with van der Waals surface area (Å²) in [7, 11) is 1.51. The maximum Gasteiger partial charge on any atom is 0.240 e. The summed E-state index contributed by atoms with van der Waals surface area (Å²) in [6.07, 6.45) is 0. The molecule has 1 heterocycles. The fraction of sp³-hybridized carbons (Fsp3) is 0.667. The Morgan fingerprint density at radius 1 is 1.08 bits per heavy atom. The highest BCUT2D eigenvalue weighted by Crippen LogP contribution is 2.29. The van der Waals surface area contributed by atoms with Crippen LogP contribution in [0.2, 0.25) is 0 Å². The summed E-state index contributed by atoms with van der Waals surface area (Å²) >= 11 is 0. The van der Waals surface area contributed by atoms with Crippen molar-refractivity contribution in [3.63, 3.8) is 0 Å². The summed E-state index contributed by atoms with van der Waals surface area (Å²) < 4.78 is 38.6. The van der Waals surface area contributed by atoms with Crippen LogP contribution in [-0.4, -0.2) is 78.3 Å². The van der Waals surface area contributed by atoms with E-state index < -0.39 is 10.0 Å². The lowest BCUT2D eigenvalue weighted by Crippen LogP contribution is -2.54. The quantitative estimate of drug-likeness (QED) is 0.726. The zero-order valence-corrected chi connectivity index (χ0v) is 17.2. The monoisotopic (exact) mass is 385 g/mol. The van der Waals surface area contributed by atoms with Crippen molar-refractivity contribution in [2.24, 2.45) is 5.92 Å². The van der Waals surface area contributed by atoms with Crippen molar-refractivity contribution in [1.82, 2.24) is 14.5 Å². The number of nitrogens with one attached hydrogen (secondary N) is 1. The predicted molar refractivity (Wildman–Crippen MR) is 102 cm³/mol. The molecule has 0 bridgehead atoms. The molecule has 2 rings (SSSR count). The van der Waals surface area contributed by atoms with Crippen molar-refractivity contribution >= 4 is 10.0 Å². The van der Waals surface area contributed by atoms with Gasteiger partial charge in [-0.1, -0.05) is 13.8 Å². The molecule has 1 atom stereocenters. The second-order valence-corrected chi connectivity index (χ2v) is 8.79. The first-order valence-electron chi connectivity index (χ1n) is 8.92. The van der Waals surface area contributed by atoms with E-state index in [1.165, 1.54) is 26.4 Å². The van der Waals surface area contributed by atoms with Crippen molar-refractivity contribution in [3.8, 4) is 11.5 Å². The number of methoxy groups -OCH3 is 2. The van der Waals surface area contributed by atoms with E-state index in [-0.39, 0.29) is 10.9 Å². The number of hydrogen-bond acceptors (Lipinski definition) is 6. The van der Waals surface area contributed by atoms with Crippen LogP contribution in [0.25, 0.3) is 0 Å². The second kappa shape index (κ2) is 9.03. The Balaban J connectivity index is 2.10. The van der Waals surface area contributed by atoms with Gasteiger partial charge in [-0.2, -0.15) is 0 Å². The van der Waals surface area contributed by atoms with Crippen LogP contribution >= 0.6 is 0 Å². The minimum atomic E-state index is -3.62. The molecular formula is C18H31N3O4S. The van der Waals surface area contributed by atoms with Gasteiger partial charge in [-0.25, -0.2) is 13.1 Å². The Labute approximate surface area is 157 Å². The van der Waals surface area contributed by atoms with Crippen LogP contribution in [-0.2, 0) is 10.0 Å². The van der Waals surface area contributed by atoms with E-state index >= 15 is 0 Å². The minimum absolute atomic E-state index is 0.165. The Morgan fingerprint density at radius 2 is 1.69 bits per heavy atom. The molecule has 8 heteroatoms. The SMILES string of the molecule is COc1ccc(S(=O)(=O)NCC(C(C)C)N2CCN(C)CC2)cc1OC. The number of piperazine rings is 1. The molecular weight excluding hydrogens is 354 g/mol. The maximum atomic E-state index is 12.7. The van der Waals surface area contributed by atoms with Crippen LogP contribution in [0.15, 0.2) is 23.1 Å². The van der Waals surface area contributed by atoms with Crippen LogP contribution in [0.1, 0.15) is 13.8 Å². The Morgan fingerprint density at radius 3 is 2.23 bits per heavy atom. The molecule has 26 heavy (non-hydrogen) atoms. The van der Waals surface area contributed by atoms with Gasteiger partial charge in [0, 0.05) is 44.8 Å². The lowest BCUT2D eigenvalue weighted by Gasteiger charge is -2.39. The van der Waals surface area contributed by atoms with E-state index in [2.05, 4.69) is 35.4 Å². The summed E-state index contributed by atoms with van der Waals surface area (Å²) in [5.41, 5.74) is 0. The van der Waals surface area contributed by atoms with Crippen molar-refractivity contribution in [1.29, 1.82) is 0 Å². The smallest absolute Gasteiger partial charge is 0.240 e. The average Bonchev–Trinajstić information content (AvgIpc) is 2.62. The summed E-state index contributed by atoms with van der Waals surface area (Å²) in [5.74, 6) is 1.25. The number of nitrogens with zero attached hydrogens (tertiary/aromatic N) is 2. The van der Waals surface area contributed by atoms with Crippen LogP contribution in [0, 0.1) is 5.92 Å². The summed E-state index contributed by atoms with van der Waals surface area (Å²) in [6, 6.07) is 4.79. The number of rotatable bonds is 8. The minimum Gasteiger partial charge on any atom is -0.493 e. The number of ether oxygens (including phenoxy) is 2. The molecule has 0 saturated carbocycles. The molecule has 0 aromatic heterocycles. The molecule has 1 aliphatic rings. The third-order valence-electron chi connectivity index (χ3n) is 4.92. The van der Waals surface area contributed by atoms with E-state index in [0.717, 1.165) is 26.2 Å². The first-order chi connectivity index (χ1) is 12.3. The number of sulfonamides is 1. The van der Waals surface area contributed by atoms with Crippen LogP contribution in [0.4, 0.5) is 0 Å². The Bertz CT molecular complexity index is 686. The van der Waals surface area contributed by atoms with Gasteiger partial charge in [0.1, 0.15) is 0 Å². The molecule has 1 unspecified atom stereocenters. The van der Waals surface area contributed by atoms with E-state index in [0.29, 0.717) is 24.0 Å². The topological polar surface area (TPSA) is 71.1 Å². The Hall–Kier alpha value is -1.35. The Kier molecular flexibility index (Phi) is 7.28. The van der Waals surface area contributed by atoms with Crippen molar-refractivity contribution < 1.29 is 17.9 Å². The molecule has 1 N–H and O–H groups in total. The lowest BCUT2D eigenvalue weighted by atomic mass is 10.0. The first-order valence-corrected chi connectivity index (χ1v) is 10.4. The van der Waals surface area contributed by atoms with E-state index in [9.17, 15) is 8.42 Å². The molecule has 0 aliphatic carbocycles. The molecule has 0 spiro atoms. The molecule has 1 aliphatic heterocycles. The van der Waals surface area contributed by atoms with Gasteiger partial charge >= 0.3 is 0 Å². The van der Waals surface area contributed by atoms with E-state index in [1.807, 2.05) is 0 Å². The van der Waals surface area contributed by atoms with Crippen molar-refractivity contribution in [3.05, 3.63) is 18.2 Å². The third kappa shape index (κ3) is 5.09. The van der Waals surface area contributed by atoms with Gasteiger partial charge in [0.05, 0.1) is 19.1 Å². The molecule has 1 fully saturated rings. The van der Waals surface area contributed by atoms with Crippen LogP contribution in [0.5, 0.6) is 11.5 Å². The van der Waals surface area contributed by atoms with Gasteiger partial charge in [0.25, 0.3) is 0 Å². The van der Waals surface area contributed by atoms with Gasteiger partial charge < -0.3 is 14.4 Å².